The summed E-state index contributed by atoms with van der Waals surface area (Å²) in [5.41, 5.74) is 6.75. The molecule has 0 radical (unpaired) electrons. The molecule has 3 aromatic rings. The third-order valence-corrected chi connectivity index (χ3v) is 4.10. The van der Waals surface area contributed by atoms with E-state index < -0.39 is 0 Å². The number of thiophene rings is 1. The fourth-order valence-corrected chi connectivity index (χ4v) is 3.26. The first kappa shape index (κ1) is 13.1. The van der Waals surface area contributed by atoms with E-state index in [-0.39, 0.29) is 17.3 Å². The minimum Gasteiger partial charge on any atom is -0.368 e. The molecule has 5 nitrogen and oxygen atoms in total. The molecule has 1 unspecified atom stereocenters. The summed E-state index contributed by atoms with van der Waals surface area (Å²) in [5.74, 6) is 0.486. The maximum Gasteiger partial charge on any atom is 0.229 e. The molecule has 0 aliphatic rings. The standard InChI is InChI=1S/C13H12ClN5S/c1-7(16-13-18-11(14)17-12(15)19-13)9-6-20-10-5-3-2-4-8(9)10/h2-7H,1H3,(H3,15,16,17,18,19). The van der Waals surface area contributed by atoms with Gasteiger partial charge in [0.1, 0.15) is 0 Å². The van der Waals surface area contributed by atoms with Crippen molar-refractivity contribution in [2.24, 2.45) is 0 Å². The molecular formula is C13H12ClN5S. The highest BCUT2D eigenvalue weighted by molar-refractivity contribution is 7.17. The number of halogens is 1. The molecule has 0 bridgehead atoms. The van der Waals surface area contributed by atoms with E-state index in [0.29, 0.717) is 5.95 Å². The van der Waals surface area contributed by atoms with Gasteiger partial charge in [0.25, 0.3) is 0 Å². The van der Waals surface area contributed by atoms with E-state index >= 15 is 0 Å². The summed E-state index contributed by atoms with van der Waals surface area (Å²) in [7, 11) is 0. The van der Waals surface area contributed by atoms with Gasteiger partial charge in [0.15, 0.2) is 0 Å². The summed E-state index contributed by atoms with van der Waals surface area (Å²) in [4.78, 5) is 11.8. The Kier molecular flexibility index (Phi) is 3.42. The Morgan fingerprint density at radius 3 is 2.85 bits per heavy atom. The summed E-state index contributed by atoms with van der Waals surface area (Å²) >= 11 is 7.49. The number of nitrogens with two attached hydrogens (primary N) is 1. The highest BCUT2D eigenvalue weighted by Crippen LogP contribution is 2.31. The van der Waals surface area contributed by atoms with Crippen LogP contribution in [0.25, 0.3) is 10.1 Å². The lowest BCUT2D eigenvalue weighted by Crippen LogP contribution is -2.11. The predicted molar refractivity (Wildman–Crippen MR) is 83.1 cm³/mol. The van der Waals surface area contributed by atoms with E-state index in [1.807, 2.05) is 19.1 Å². The molecule has 3 rings (SSSR count). The van der Waals surface area contributed by atoms with Crippen molar-refractivity contribution in [1.82, 2.24) is 15.0 Å². The smallest absolute Gasteiger partial charge is 0.229 e. The molecule has 1 aromatic carbocycles. The van der Waals surface area contributed by atoms with Gasteiger partial charge in [-0.25, -0.2) is 0 Å². The topological polar surface area (TPSA) is 76.7 Å². The molecule has 0 saturated heterocycles. The molecule has 2 aromatic heterocycles. The molecule has 20 heavy (non-hydrogen) atoms. The van der Waals surface area contributed by atoms with Crippen LogP contribution in [0.1, 0.15) is 18.5 Å². The number of hydrogen-bond acceptors (Lipinski definition) is 6. The number of nitrogens with one attached hydrogen (secondary N) is 1. The zero-order valence-electron chi connectivity index (χ0n) is 10.7. The third-order valence-electron chi connectivity index (χ3n) is 2.95. The van der Waals surface area contributed by atoms with Gasteiger partial charge in [0.2, 0.25) is 17.2 Å². The third kappa shape index (κ3) is 2.52. The van der Waals surface area contributed by atoms with Gasteiger partial charge in [-0.05, 0) is 40.9 Å². The van der Waals surface area contributed by atoms with E-state index in [1.54, 1.807) is 11.3 Å². The second-order valence-corrected chi connectivity index (χ2v) is 5.59. The number of rotatable bonds is 3. The molecule has 102 valence electrons. The lowest BCUT2D eigenvalue weighted by Gasteiger charge is -2.13. The Morgan fingerprint density at radius 2 is 2.05 bits per heavy atom. The van der Waals surface area contributed by atoms with Crippen molar-refractivity contribution in [3.8, 4) is 0 Å². The molecule has 0 amide bonds. The number of hydrogen-bond donors (Lipinski definition) is 2. The lowest BCUT2D eigenvalue weighted by molar-refractivity contribution is 0.866. The van der Waals surface area contributed by atoms with Gasteiger partial charge in [-0.3, -0.25) is 0 Å². The number of anilines is 2. The van der Waals surface area contributed by atoms with Crippen LogP contribution in [0.4, 0.5) is 11.9 Å². The molecule has 0 fully saturated rings. The molecule has 0 aliphatic heterocycles. The largest absolute Gasteiger partial charge is 0.368 e. The van der Waals surface area contributed by atoms with Crippen molar-refractivity contribution in [2.75, 3.05) is 11.1 Å². The monoisotopic (exact) mass is 305 g/mol. The summed E-state index contributed by atoms with van der Waals surface area (Å²) in [6, 6.07) is 8.32. The zero-order valence-corrected chi connectivity index (χ0v) is 12.2. The normalized spacial score (nSPS) is 12.5. The highest BCUT2D eigenvalue weighted by Gasteiger charge is 2.13. The molecule has 2 heterocycles. The SMILES string of the molecule is CC(Nc1nc(N)nc(Cl)n1)c1csc2ccccc12. The average molecular weight is 306 g/mol. The first-order chi connectivity index (χ1) is 9.63. The van der Waals surface area contributed by atoms with Gasteiger partial charge in [0, 0.05) is 4.70 Å². The van der Waals surface area contributed by atoms with Crippen molar-refractivity contribution in [1.29, 1.82) is 0 Å². The van der Waals surface area contributed by atoms with Gasteiger partial charge in [-0.15, -0.1) is 11.3 Å². The van der Waals surface area contributed by atoms with Crippen LogP contribution in [0.15, 0.2) is 29.6 Å². The van der Waals surface area contributed by atoms with Gasteiger partial charge in [-0.1, -0.05) is 18.2 Å². The Morgan fingerprint density at radius 1 is 1.25 bits per heavy atom. The maximum atomic E-state index is 5.77. The van der Waals surface area contributed by atoms with Crippen LogP contribution in [0.2, 0.25) is 5.28 Å². The van der Waals surface area contributed by atoms with Crippen molar-refractivity contribution in [2.45, 2.75) is 13.0 Å². The first-order valence-electron chi connectivity index (χ1n) is 6.03. The Labute approximate surface area is 124 Å². The van der Waals surface area contributed by atoms with Gasteiger partial charge < -0.3 is 11.1 Å². The Hall–Kier alpha value is -1.92. The van der Waals surface area contributed by atoms with Crippen molar-refractivity contribution in [3.05, 3.63) is 40.5 Å². The van der Waals surface area contributed by atoms with Crippen LogP contribution in [0, 0.1) is 0 Å². The lowest BCUT2D eigenvalue weighted by atomic mass is 10.1. The maximum absolute atomic E-state index is 5.77. The van der Waals surface area contributed by atoms with E-state index in [1.165, 1.54) is 15.6 Å². The van der Waals surface area contributed by atoms with Gasteiger partial charge >= 0.3 is 0 Å². The predicted octanol–water partition coefficient (Wildman–Crippen LogP) is 3.50. The molecule has 0 spiro atoms. The summed E-state index contributed by atoms with van der Waals surface area (Å²) in [6.07, 6.45) is 0. The summed E-state index contributed by atoms with van der Waals surface area (Å²) in [6.45, 7) is 2.04. The van der Waals surface area contributed by atoms with Gasteiger partial charge in [0.05, 0.1) is 6.04 Å². The zero-order chi connectivity index (χ0) is 14.1. The van der Waals surface area contributed by atoms with E-state index in [0.717, 1.165) is 0 Å². The van der Waals surface area contributed by atoms with E-state index in [9.17, 15) is 0 Å². The first-order valence-corrected chi connectivity index (χ1v) is 7.29. The Bertz CT molecular complexity index is 737. The van der Waals surface area contributed by atoms with Crippen LogP contribution in [0.3, 0.4) is 0 Å². The minimum absolute atomic E-state index is 0.0454. The van der Waals surface area contributed by atoms with Crippen LogP contribution in [-0.2, 0) is 0 Å². The number of benzene rings is 1. The van der Waals surface area contributed by atoms with Crippen LogP contribution < -0.4 is 11.1 Å². The Balaban J connectivity index is 1.91. The van der Waals surface area contributed by atoms with Gasteiger partial charge in [-0.2, -0.15) is 15.0 Å². The average Bonchev–Trinajstić information content (AvgIpc) is 2.81. The van der Waals surface area contributed by atoms with E-state index in [2.05, 4.69) is 37.8 Å². The van der Waals surface area contributed by atoms with Crippen molar-refractivity contribution in [3.63, 3.8) is 0 Å². The number of aromatic nitrogens is 3. The molecular weight excluding hydrogens is 294 g/mol. The number of nitrogens with zero attached hydrogens (tertiary/aromatic N) is 3. The van der Waals surface area contributed by atoms with Crippen LogP contribution >= 0.6 is 22.9 Å². The van der Waals surface area contributed by atoms with Crippen molar-refractivity contribution < 1.29 is 0 Å². The summed E-state index contributed by atoms with van der Waals surface area (Å²) < 4.78 is 1.25. The number of nitrogen functional groups attached to an aromatic ring is 1. The fourth-order valence-electron chi connectivity index (χ4n) is 2.04. The minimum atomic E-state index is 0.0454. The van der Waals surface area contributed by atoms with Crippen LogP contribution in [-0.4, -0.2) is 15.0 Å². The molecule has 3 N–H and O–H groups in total. The summed E-state index contributed by atoms with van der Waals surface area (Å²) in [5, 5.41) is 6.64. The second-order valence-electron chi connectivity index (χ2n) is 4.34. The quantitative estimate of drug-likeness (QED) is 0.774. The second kappa shape index (κ2) is 5.22. The molecule has 7 heteroatoms. The fraction of sp³-hybridized carbons (Fsp3) is 0.154. The van der Waals surface area contributed by atoms with Crippen LogP contribution in [0.5, 0.6) is 0 Å². The molecule has 1 atom stereocenters. The highest BCUT2D eigenvalue weighted by atomic mass is 35.5. The van der Waals surface area contributed by atoms with E-state index in [4.69, 9.17) is 17.3 Å². The number of fused-ring (bicyclic) bond motifs is 1. The van der Waals surface area contributed by atoms with Crippen molar-refractivity contribution >= 4 is 44.9 Å². The molecule has 0 aliphatic carbocycles. The molecule has 0 saturated carbocycles.